The molecule has 0 unspecified atom stereocenters. The Labute approximate surface area is 222 Å². The molecule has 11 heteroatoms. The van der Waals surface area contributed by atoms with E-state index in [9.17, 15) is 19.7 Å². The first-order valence-electron chi connectivity index (χ1n) is 11.2. The molecule has 1 aliphatic rings. The van der Waals surface area contributed by atoms with Gasteiger partial charge in [0.25, 0.3) is 11.6 Å². The Morgan fingerprint density at radius 1 is 1.03 bits per heavy atom. The molecule has 3 aromatic rings. The Balaban J connectivity index is 1.54. The fourth-order valence-corrected chi connectivity index (χ4v) is 4.04. The van der Waals surface area contributed by atoms with E-state index in [0.717, 1.165) is 10.5 Å². The maximum atomic E-state index is 12.9. The van der Waals surface area contributed by atoms with Gasteiger partial charge in [-0.15, -0.1) is 0 Å². The van der Waals surface area contributed by atoms with Crippen LogP contribution in [0.1, 0.15) is 23.6 Å². The van der Waals surface area contributed by atoms with E-state index in [2.05, 4.69) is 5.32 Å². The van der Waals surface area contributed by atoms with Crippen molar-refractivity contribution < 1.29 is 24.0 Å². The van der Waals surface area contributed by atoms with Crippen molar-refractivity contribution in [2.45, 2.75) is 20.1 Å². The Morgan fingerprint density at radius 2 is 1.78 bits per heavy atom. The summed E-state index contributed by atoms with van der Waals surface area (Å²) in [5.74, 6) is 0.0884. The third kappa shape index (κ3) is 6.19. The predicted octanol–water partition coefficient (Wildman–Crippen LogP) is 5.97. The van der Waals surface area contributed by atoms with Crippen LogP contribution >= 0.6 is 23.2 Å². The second-order valence-electron chi connectivity index (χ2n) is 7.98. The summed E-state index contributed by atoms with van der Waals surface area (Å²) in [6, 6.07) is 15.6. The van der Waals surface area contributed by atoms with E-state index in [1.54, 1.807) is 55.5 Å². The highest BCUT2D eigenvalue weighted by molar-refractivity contribution is 6.32. The van der Waals surface area contributed by atoms with Crippen LogP contribution in [-0.2, 0) is 17.9 Å². The van der Waals surface area contributed by atoms with Crippen molar-refractivity contribution in [2.24, 2.45) is 0 Å². The van der Waals surface area contributed by atoms with E-state index in [1.807, 2.05) is 0 Å². The van der Waals surface area contributed by atoms with Gasteiger partial charge in [0.05, 0.1) is 23.1 Å². The molecule has 1 fully saturated rings. The number of ether oxygens (including phenoxy) is 2. The van der Waals surface area contributed by atoms with Crippen LogP contribution in [0.4, 0.5) is 10.5 Å². The van der Waals surface area contributed by atoms with Crippen LogP contribution in [-0.4, -0.2) is 28.4 Å². The van der Waals surface area contributed by atoms with Crippen molar-refractivity contribution in [1.29, 1.82) is 0 Å². The number of nitro benzene ring substituents is 1. The summed E-state index contributed by atoms with van der Waals surface area (Å²) in [5.41, 5.74) is 1.88. The normalized spacial score (nSPS) is 14.1. The molecule has 37 heavy (non-hydrogen) atoms. The summed E-state index contributed by atoms with van der Waals surface area (Å²) >= 11 is 12.4. The van der Waals surface area contributed by atoms with Gasteiger partial charge in [-0.05, 0) is 54.0 Å². The molecule has 190 valence electrons. The summed E-state index contributed by atoms with van der Waals surface area (Å²) < 4.78 is 11.5. The molecule has 3 aromatic carbocycles. The van der Waals surface area contributed by atoms with E-state index >= 15 is 0 Å². The number of carbonyl (C=O) groups excluding carboxylic acids is 2. The van der Waals surface area contributed by atoms with Crippen LogP contribution in [0.25, 0.3) is 6.08 Å². The summed E-state index contributed by atoms with van der Waals surface area (Å²) in [6.45, 7) is 2.22. The molecule has 4 rings (SSSR count). The minimum atomic E-state index is -0.542. The third-order valence-corrected chi connectivity index (χ3v) is 5.90. The van der Waals surface area contributed by atoms with Gasteiger partial charge in [0.2, 0.25) is 0 Å². The number of carbonyl (C=O) groups is 2. The van der Waals surface area contributed by atoms with Crippen LogP contribution in [0.3, 0.4) is 0 Å². The zero-order valence-electron chi connectivity index (χ0n) is 19.6. The van der Waals surface area contributed by atoms with Crippen molar-refractivity contribution >= 4 is 46.9 Å². The summed E-state index contributed by atoms with van der Waals surface area (Å²) in [7, 11) is 0. The highest BCUT2D eigenvalue weighted by Gasteiger charge is 2.33. The van der Waals surface area contributed by atoms with Crippen molar-refractivity contribution in [2.75, 3.05) is 6.61 Å². The summed E-state index contributed by atoms with van der Waals surface area (Å²) in [4.78, 5) is 37.0. The number of halogens is 2. The number of urea groups is 1. The molecule has 1 heterocycles. The number of rotatable bonds is 9. The van der Waals surface area contributed by atoms with Gasteiger partial charge >= 0.3 is 6.03 Å². The largest absolute Gasteiger partial charge is 0.490 e. The first kappa shape index (κ1) is 26.0. The van der Waals surface area contributed by atoms with Gasteiger partial charge in [-0.25, -0.2) is 4.79 Å². The second kappa shape index (κ2) is 11.3. The lowest BCUT2D eigenvalue weighted by molar-refractivity contribution is -0.384. The first-order valence-corrected chi connectivity index (χ1v) is 11.9. The van der Waals surface area contributed by atoms with E-state index < -0.39 is 16.9 Å². The zero-order chi connectivity index (χ0) is 26.5. The Hall–Kier alpha value is -4.08. The van der Waals surface area contributed by atoms with Gasteiger partial charge in [-0.3, -0.25) is 19.8 Å². The molecule has 0 bridgehead atoms. The van der Waals surface area contributed by atoms with Gasteiger partial charge < -0.3 is 14.8 Å². The number of nitro groups is 1. The molecule has 0 aliphatic carbocycles. The van der Waals surface area contributed by atoms with Gasteiger partial charge in [0.1, 0.15) is 12.3 Å². The minimum absolute atomic E-state index is 0.0239. The molecule has 9 nitrogen and oxygen atoms in total. The Morgan fingerprint density at radius 3 is 2.49 bits per heavy atom. The molecule has 0 atom stereocenters. The number of hydrogen-bond donors (Lipinski definition) is 1. The quantitative estimate of drug-likeness (QED) is 0.154. The fraction of sp³-hybridized carbons (Fsp3) is 0.154. The van der Waals surface area contributed by atoms with E-state index in [0.29, 0.717) is 28.5 Å². The number of amides is 3. The molecule has 3 amide bonds. The number of hydrogen-bond acceptors (Lipinski definition) is 6. The highest BCUT2D eigenvalue weighted by atomic mass is 35.5. The number of nitrogens with one attached hydrogen (secondary N) is 1. The third-order valence-electron chi connectivity index (χ3n) is 5.36. The number of nitrogens with zero attached hydrogens (tertiary/aromatic N) is 2. The van der Waals surface area contributed by atoms with Crippen LogP contribution in [0, 0.1) is 10.1 Å². The minimum Gasteiger partial charge on any atom is -0.490 e. The van der Waals surface area contributed by atoms with Crippen LogP contribution in [0.2, 0.25) is 10.0 Å². The van der Waals surface area contributed by atoms with Gasteiger partial charge in [-0.2, -0.15) is 0 Å². The average Bonchev–Trinajstić information content (AvgIpc) is 3.12. The van der Waals surface area contributed by atoms with Crippen LogP contribution in [0.5, 0.6) is 11.5 Å². The zero-order valence-corrected chi connectivity index (χ0v) is 21.1. The molecule has 1 aliphatic heterocycles. The lowest BCUT2D eigenvalue weighted by Gasteiger charge is -2.15. The predicted molar refractivity (Wildman–Crippen MR) is 139 cm³/mol. The first-order chi connectivity index (χ1) is 17.7. The molecule has 0 radical (unpaired) electrons. The molecule has 0 spiro atoms. The molecular formula is C26H21Cl2N3O6. The van der Waals surface area contributed by atoms with Gasteiger partial charge in [-0.1, -0.05) is 47.5 Å². The van der Waals surface area contributed by atoms with Crippen LogP contribution in [0.15, 0.2) is 66.4 Å². The maximum absolute atomic E-state index is 12.9. The lowest BCUT2D eigenvalue weighted by atomic mass is 10.1. The molecule has 1 saturated heterocycles. The standard InChI is InChI=1S/C26H21Cl2N3O6/c1-2-36-23-13-18(11-21(28)24(23)37-15-17-4-3-5-20(10-17)31(34)35)12-22-25(32)30(26(33)29-22)14-16-6-8-19(27)9-7-16/h3-13H,2,14-15H2,1H3,(H,29,33)/b22-12-. The Kier molecular flexibility index (Phi) is 7.95. The van der Waals surface area contributed by atoms with Crippen molar-refractivity contribution in [1.82, 2.24) is 10.2 Å². The van der Waals surface area contributed by atoms with E-state index in [4.69, 9.17) is 32.7 Å². The van der Waals surface area contributed by atoms with Crippen molar-refractivity contribution in [3.05, 3.63) is 103 Å². The van der Waals surface area contributed by atoms with Crippen LogP contribution < -0.4 is 14.8 Å². The topological polar surface area (TPSA) is 111 Å². The molecule has 0 saturated carbocycles. The van der Waals surface area contributed by atoms with E-state index in [1.165, 1.54) is 18.2 Å². The lowest BCUT2D eigenvalue weighted by Crippen LogP contribution is -2.30. The number of non-ortho nitro benzene ring substituents is 1. The smallest absolute Gasteiger partial charge is 0.329 e. The highest BCUT2D eigenvalue weighted by Crippen LogP contribution is 2.38. The maximum Gasteiger partial charge on any atom is 0.329 e. The van der Waals surface area contributed by atoms with E-state index in [-0.39, 0.29) is 35.3 Å². The molecule has 0 aromatic heterocycles. The Bertz CT molecular complexity index is 1390. The molecular weight excluding hydrogens is 521 g/mol. The van der Waals surface area contributed by atoms with Gasteiger partial charge in [0.15, 0.2) is 11.5 Å². The summed E-state index contributed by atoms with van der Waals surface area (Å²) in [5, 5.41) is 14.4. The van der Waals surface area contributed by atoms with Gasteiger partial charge in [0, 0.05) is 17.2 Å². The molecule has 1 N–H and O–H groups in total. The SMILES string of the molecule is CCOc1cc(/C=C2\NC(=O)N(Cc3ccc(Cl)cc3)C2=O)cc(Cl)c1OCc1cccc([N+](=O)[O-])c1. The average molecular weight is 542 g/mol. The monoisotopic (exact) mass is 541 g/mol. The number of benzene rings is 3. The summed E-state index contributed by atoms with van der Waals surface area (Å²) in [6.07, 6.45) is 1.50. The number of imide groups is 1. The second-order valence-corrected chi connectivity index (χ2v) is 8.83. The van der Waals surface area contributed by atoms with Crippen molar-refractivity contribution in [3.63, 3.8) is 0 Å². The fourth-order valence-electron chi connectivity index (χ4n) is 3.64. The van der Waals surface area contributed by atoms with Crippen molar-refractivity contribution in [3.8, 4) is 11.5 Å².